The van der Waals surface area contributed by atoms with Gasteiger partial charge in [-0.2, -0.15) is 0 Å². The van der Waals surface area contributed by atoms with Crippen molar-refractivity contribution in [2.45, 2.75) is 24.6 Å². The third-order valence-electron chi connectivity index (χ3n) is 2.25. The number of amides is 1. The van der Waals surface area contributed by atoms with Gasteiger partial charge in [-0.1, -0.05) is 28.9 Å². The van der Waals surface area contributed by atoms with E-state index in [9.17, 15) is 13.6 Å². The highest BCUT2D eigenvalue weighted by molar-refractivity contribution is 9.09. The number of hydrogen-bond acceptors (Lipinski definition) is 1. The van der Waals surface area contributed by atoms with E-state index >= 15 is 0 Å². The van der Waals surface area contributed by atoms with Gasteiger partial charge >= 0.3 is 0 Å². The lowest BCUT2D eigenvalue weighted by Gasteiger charge is -2.07. The molecule has 0 radical (unpaired) electrons. The molecule has 5 heteroatoms. The average molecular weight is 306 g/mol. The van der Waals surface area contributed by atoms with Crippen LogP contribution in [-0.2, 0) is 0 Å². The van der Waals surface area contributed by atoms with Crippen LogP contribution < -0.4 is 5.32 Å². The number of carbonyl (C=O) groups is 1. The second-order valence-corrected chi connectivity index (χ2v) is 5.34. The van der Waals surface area contributed by atoms with Gasteiger partial charge in [0.25, 0.3) is 5.91 Å². The Kier molecular flexibility index (Phi) is 5.55. The Hall–Kier alpha value is -0.970. The summed E-state index contributed by atoms with van der Waals surface area (Å²) in [6.07, 6.45) is 1.65. The molecule has 0 aliphatic carbocycles. The quantitative estimate of drug-likeness (QED) is 0.656. The number of nitrogens with one attached hydrogen (secondary N) is 1. The Morgan fingerprint density at radius 1 is 1.41 bits per heavy atom. The number of alkyl halides is 1. The van der Waals surface area contributed by atoms with Crippen molar-refractivity contribution in [3.05, 3.63) is 35.4 Å². The minimum absolute atomic E-state index is 0.365. The predicted octanol–water partition coefficient (Wildman–Crippen LogP) is 3.26. The first-order valence-electron chi connectivity index (χ1n) is 5.38. The fourth-order valence-electron chi connectivity index (χ4n) is 1.39. The zero-order chi connectivity index (χ0) is 12.8. The SMILES string of the molecule is CC(Br)CCCNC(=O)c1c(F)cccc1F. The minimum Gasteiger partial charge on any atom is -0.352 e. The maximum absolute atomic E-state index is 13.2. The molecule has 1 unspecified atom stereocenters. The monoisotopic (exact) mass is 305 g/mol. The first-order chi connectivity index (χ1) is 8.02. The molecule has 1 amide bonds. The molecular weight excluding hydrogens is 292 g/mol. The molecule has 0 fully saturated rings. The molecule has 2 nitrogen and oxygen atoms in total. The van der Waals surface area contributed by atoms with Gasteiger partial charge in [-0.15, -0.1) is 0 Å². The van der Waals surface area contributed by atoms with E-state index in [2.05, 4.69) is 21.2 Å². The van der Waals surface area contributed by atoms with E-state index in [0.29, 0.717) is 11.4 Å². The van der Waals surface area contributed by atoms with E-state index in [1.165, 1.54) is 6.07 Å². The van der Waals surface area contributed by atoms with Gasteiger partial charge in [-0.25, -0.2) is 8.78 Å². The fourth-order valence-corrected chi connectivity index (χ4v) is 1.71. The highest BCUT2D eigenvalue weighted by Crippen LogP contribution is 2.12. The first kappa shape index (κ1) is 14.1. The smallest absolute Gasteiger partial charge is 0.257 e. The van der Waals surface area contributed by atoms with Crippen molar-refractivity contribution in [1.29, 1.82) is 0 Å². The second kappa shape index (κ2) is 6.69. The van der Waals surface area contributed by atoms with Crippen molar-refractivity contribution in [2.24, 2.45) is 0 Å². The largest absolute Gasteiger partial charge is 0.352 e. The van der Waals surface area contributed by atoms with Crippen LogP contribution in [0.15, 0.2) is 18.2 Å². The van der Waals surface area contributed by atoms with Crippen molar-refractivity contribution in [3.63, 3.8) is 0 Å². The molecule has 17 heavy (non-hydrogen) atoms. The molecule has 0 spiro atoms. The summed E-state index contributed by atoms with van der Waals surface area (Å²) < 4.78 is 26.5. The topological polar surface area (TPSA) is 29.1 Å². The number of halogens is 3. The Balaban J connectivity index is 2.53. The number of hydrogen-bond donors (Lipinski definition) is 1. The average Bonchev–Trinajstić information content (AvgIpc) is 2.24. The van der Waals surface area contributed by atoms with E-state index in [1.54, 1.807) is 0 Å². The van der Waals surface area contributed by atoms with E-state index in [0.717, 1.165) is 25.0 Å². The molecule has 1 aromatic carbocycles. The lowest BCUT2D eigenvalue weighted by Crippen LogP contribution is -2.26. The summed E-state index contributed by atoms with van der Waals surface area (Å²) in [6, 6.07) is 3.37. The van der Waals surface area contributed by atoms with Gasteiger partial charge in [0, 0.05) is 11.4 Å². The van der Waals surface area contributed by atoms with Crippen LogP contribution in [0.1, 0.15) is 30.1 Å². The van der Waals surface area contributed by atoms with Crippen LogP contribution in [0.25, 0.3) is 0 Å². The maximum atomic E-state index is 13.2. The van der Waals surface area contributed by atoms with Crippen LogP contribution in [0.2, 0.25) is 0 Å². The van der Waals surface area contributed by atoms with E-state index < -0.39 is 23.1 Å². The molecule has 1 atom stereocenters. The standard InChI is InChI=1S/C12H14BrF2NO/c1-8(13)4-3-7-16-12(17)11-9(14)5-2-6-10(11)15/h2,5-6,8H,3-4,7H2,1H3,(H,16,17). The Labute approximate surface area is 108 Å². The minimum atomic E-state index is -0.837. The summed E-state index contributed by atoms with van der Waals surface area (Å²) >= 11 is 3.38. The summed E-state index contributed by atoms with van der Waals surface area (Å²) in [7, 11) is 0. The summed E-state index contributed by atoms with van der Waals surface area (Å²) in [6.45, 7) is 2.40. The molecule has 0 heterocycles. The van der Waals surface area contributed by atoms with Gasteiger partial charge in [0.1, 0.15) is 17.2 Å². The second-order valence-electron chi connectivity index (χ2n) is 3.78. The third-order valence-corrected chi connectivity index (χ3v) is 2.71. The zero-order valence-electron chi connectivity index (χ0n) is 9.47. The summed E-state index contributed by atoms with van der Waals surface area (Å²) in [5.74, 6) is -2.38. The molecule has 1 aromatic rings. The normalized spacial score (nSPS) is 12.2. The van der Waals surface area contributed by atoms with Gasteiger partial charge in [0.2, 0.25) is 0 Å². The summed E-state index contributed by atoms with van der Waals surface area (Å²) in [4.78, 5) is 11.9. The Bertz CT molecular complexity index is 376. The van der Waals surface area contributed by atoms with Gasteiger partial charge < -0.3 is 5.32 Å². The molecule has 1 N–H and O–H groups in total. The van der Waals surface area contributed by atoms with Crippen molar-refractivity contribution in [1.82, 2.24) is 5.32 Å². The van der Waals surface area contributed by atoms with E-state index in [-0.39, 0.29) is 0 Å². The van der Waals surface area contributed by atoms with Crippen LogP contribution in [0.3, 0.4) is 0 Å². The molecule has 0 aliphatic rings. The highest BCUT2D eigenvalue weighted by atomic mass is 79.9. The van der Waals surface area contributed by atoms with E-state index in [4.69, 9.17) is 0 Å². The van der Waals surface area contributed by atoms with E-state index in [1.807, 2.05) is 6.92 Å². The Morgan fingerprint density at radius 3 is 2.53 bits per heavy atom. The number of rotatable bonds is 5. The molecular formula is C12H14BrF2NO. The van der Waals surface area contributed by atoms with Gasteiger partial charge in [-0.3, -0.25) is 4.79 Å². The van der Waals surface area contributed by atoms with Crippen molar-refractivity contribution < 1.29 is 13.6 Å². The molecule has 0 saturated heterocycles. The van der Waals surface area contributed by atoms with Crippen LogP contribution >= 0.6 is 15.9 Å². The molecule has 0 aliphatic heterocycles. The Morgan fingerprint density at radius 2 is 2.00 bits per heavy atom. The zero-order valence-corrected chi connectivity index (χ0v) is 11.1. The van der Waals surface area contributed by atoms with Crippen molar-refractivity contribution in [2.75, 3.05) is 6.54 Å². The van der Waals surface area contributed by atoms with Crippen LogP contribution in [0, 0.1) is 11.6 Å². The van der Waals surface area contributed by atoms with Gasteiger partial charge in [0.05, 0.1) is 0 Å². The molecule has 0 aromatic heterocycles. The van der Waals surface area contributed by atoms with Crippen LogP contribution in [0.4, 0.5) is 8.78 Å². The lowest BCUT2D eigenvalue weighted by atomic mass is 10.2. The summed E-state index contributed by atoms with van der Waals surface area (Å²) in [5, 5.41) is 2.50. The lowest BCUT2D eigenvalue weighted by molar-refractivity contribution is 0.0944. The molecule has 0 saturated carbocycles. The number of carbonyl (C=O) groups excluding carboxylic acids is 1. The molecule has 94 valence electrons. The third kappa shape index (κ3) is 4.42. The maximum Gasteiger partial charge on any atom is 0.257 e. The van der Waals surface area contributed by atoms with Crippen LogP contribution in [-0.4, -0.2) is 17.3 Å². The fraction of sp³-hybridized carbons (Fsp3) is 0.417. The molecule has 1 rings (SSSR count). The van der Waals surface area contributed by atoms with Crippen LogP contribution in [0.5, 0.6) is 0 Å². The predicted molar refractivity (Wildman–Crippen MR) is 66.3 cm³/mol. The highest BCUT2D eigenvalue weighted by Gasteiger charge is 2.16. The first-order valence-corrected chi connectivity index (χ1v) is 6.30. The van der Waals surface area contributed by atoms with Crippen molar-refractivity contribution >= 4 is 21.8 Å². The summed E-state index contributed by atoms with van der Waals surface area (Å²) in [5.41, 5.74) is -0.514. The van der Waals surface area contributed by atoms with Gasteiger partial charge in [0.15, 0.2) is 0 Å². The van der Waals surface area contributed by atoms with Gasteiger partial charge in [-0.05, 0) is 25.0 Å². The number of benzene rings is 1. The van der Waals surface area contributed by atoms with Crippen molar-refractivity contribution in [3.8, 4) is 0 Å². The molecule has 0 bridgehead atoms.